The van der Waals surface area contributed by atoms with Crippen LogP contribution in [0.4, 0.5) is 5.69 Å². The maximum absolute atomic E-state index is 13.8. The van der Waals surface area contributed by atoms with Crippen LogP contribution in [-0.4, -0.2) is 99.3 Å². The molecule has 262 valence electrons. The third kappa shape index (κ3) is 6.50. The SMILES string of the molecule is COC1(c2ccc(-c3ncccn3)cc2)CCN(C(=O)CN2CC[C@@](OC)(C(=O)Nc3ccc4[nH]nc(-c5ccnc(C6CC6)c5)c4c3)C2)CC1. The summed E-state index contributed by atoms with van der Waals surface area (Å²) in [6.45, 7) is 2.30. The van der Waals surface area contributed by atoms with Gasteiger partial charge in [-0.2, -0.15) is 5.10 Å². The molecule has 1 saturated carbocycles. The Morgan fingerprint density at radius 3 is 2.39 bits per heavy atom. The quantitative estimate of drug-likeness (QED) is 0.204. The van der Waals surface area contributed by atoms with Gasteiger partial charge in [0.15, 0.2) is 11.4 Å². The number of aromatic amines is 1. The molecular formula is C39H42N8O4. The van der Waals surface area contributed by atoms with E-state index in [9.17, 15) is 9.59 Å². The van der Waals surface area contributed by atoms with Crippen molar-refractivity contribution in [1.29, 1.82) is 0 Å². The molecule has 1 atom stereocenters. The number of carbonyl (C=O) groups excluding carboxylic acids is 2. The summed E-state index contributed by atoms with van der Waals surface area (Å²) in [5.74, 6) is 1.04. The minimum Gasteiger partial charge on any atom is -0.373 e. The van der Waals surface area contributed by atoms with E-state index >= 15 is 0 Å². The second kappa shape index (κ2) is 13.6. The Morgan fingerprint density at radius 1 is 0.882 bits per heavy atom. The average Bonchev–Trinajstić information content (AvgIpc) is 3.82. The molecule has 5 heterocycles. The number of likely N-dealkylation sites (tertiary alicyclic amines) is 2. The number of fused-ring (bicyclic) bond motifs is 1. The van der Waals surface area contributed by atoms with E-state index in [0.717, 1.165) is 39.0 Å². The van der Waals surface area contributed by atoms with Crippen molar-refractivity contribution in [2.75, 3.05) is 52.3 Å². The number of hydrogen-bond donors (Lipinski definition) is 2. The number of benzene rings is 2. The second-order valence-electron chi connectivity index (χ2n) is 13.9. The van der Waals surface area contributed by atoms with Gasteiger partial charge in [-0.05, 0) is 74.1 Å². The topological polar surface area (TPSA) is 138 Å². The van der Waals surface area contributed by atoms with Gasteiger partial charge in [0.05, 0.1) is 17.7 Å². The number of methoxy groups -OCH3 is 2. The van der Waals surface area contributed by atoms with Crippen LogP contribution in [-0.2, 0) is 24.7 Å². The Hall–Kier alpha value is -5.04. The minimum absolute atomic E-state index is 0.0440. The molecule has 5 aromatic rings. The van der Waals surface area contributed by atoms with Gasteiger partial charge in [0.25, 0.3) is 5.91 Å². The summed E-state index contributed by atoms with van der Waals surface area (Å²) >= 11 is 0. The molecule has 12 nitrogen and oxygen atoms in total. The zero-order valence-corrected chi connectivity index (χ0v) is 29.0. The van der Waals surface area contributed by atoms with Gasteiger partial charge in [0, 0.05) is 92.8 Å². The molecular weight excluding hydrogens is 644 g/mol. The Morgan fingerprint density at radius 2 is 1.67 bits per heavy atom. The molecule has 3 aromatic heterocycles. The number of ether oxygens (including phenoxy) is 2. The van der Waals surface area contributed by atoms with E-state index in [1.54, 1.807) is 32.7 Å². The maximum atomic E-state index is 13.8. The molecule has 12 heteroatoms. The van der Waals surface area contributed by atoms with Crippen molar-refractivity contribution >= 4 is 28.4 Å². The van der Waals surface area contributed by atoms with Crippen LogP contribution in [0.3, 0.4) is 0 Å². The van der Waals surface area contributed by atoms with Crippen molar-refractivity contribution in [2.24, 2.45) is 0 Å². The summed E-state index contributed by atoms with van der Waals surface area (Å²) in [7, 11) is 3.31. The van der Waals surface area contributed by atoms with Gasteiger partial charge in [-0.3, -0.25) is 24.6 Å². The number of nitrogens with one attached hydrogen (secondary N) is 2. The van der Waals surface area contributed by atoms with Gasteiger partial charge in [-0.1, -0.05) is 24.3 Å². The molecule has 2 aromatic carbocycles. The Bertz CT molecular complexity index is 2040. The number of pyridine rings is 1. The van der Waals surface area contributed by atoms with Crippen LogP contribution >= 0.6 is 0 Å². The molecule has 2 aliphatic heterocycles. The van der Waals surface area contributed by atoms with Crippen LogP contribution in [0.2, 0.25) is 0 Å². The number of amides is 2. The van der Waals surface area contributed by atoms with E-state index in [2.05, 4.69) is 48.7 Å². The number of nitrogens with zero attached hydrogens (tertiary/aromatic N) is 6. The van der Waals surface area contributed by atoms with E-state index in [1.165, 1.54) is 12.8 Å². The summed E-state index contributed by atoms with van der Waals surface area (Å²) in [4.78, 5) is 44.5. The molecule has 51 heavy (non-hydrogen) atoms. The van der Waals surface area contributed by atoms with Crippen LogP contribution in [0.5, 0.6) is 0 Å². The van der Waals surface area contributed by atoms with Crippen LogP contribution < -0.4 is 5.32 Å². The van der Waals surface area contributed by atoms with Crippen molar-refractivity contribution < 1.29 is 19.1 Å². The summed E-state index contributed by atoms with van der Waals surface area (Å²) in [6.07, 6.45) is 9.52. The lowest BCUT2D eigenvalue weighted by molar-refractivity contribution is -0.140. The smallest absolute Gasteiger partial charge is 0.258 e. The molecule has 0 spiro atoms. The van der Waals surface area contributed by atoms with Crippen LogP contribution in [0.1, 0.15) is 49.3 Å². The largest absolute Gasteiger partial charge is 0.373 e. The molecule has 2 N–H and O–H groups in total. The zero-order chi connectivity index (χ0) is 35.0. The number of rotatable bonds is 10. The van der Waals surface area contributed by atoms with E-state index in [0.29, 0.717) is 62.9 Å². The first-order valence-electron chi connectivity index (χ1n) is 17.6. The lowest BCUT2D eigenvalue weighted by Crippen LogP contribution is -2.50. The second-order valence-corrected chi connectivity index (χ2v) is 13.9. The lowest BCUT2D eigenvalue weighted by Gasteiger charge is -2.41. The molecule has 2 amide bonds. The molecule has 0 radical (unpaired) electrons. The van der Waals surface area contributed by atoms with Gasteiger partial charge in [-0.15, -0.1) is 0 Å². The molecule has 8 rings (SSSR count). The summed E-state index contributed by atoms with van der Waals surface area (Å²) in [6, 6.07) is 19.8. The highest BCUT2D eigenvalue weighted by Gasteiger charge is 2.46. The fourth-order valence-electron chi connectivity index (χ4n) is 7.58. The Kier molecular flexibility index (Phi) is 8.83. The number of carbonyl (C=O) groups is 2. The Labute approximate surface area is 296 Å². The number of hydrogen-bond acceptors (Lipinski definition) is 9. The molecule has 0 unspecified atom stereocenters. The number of H-pyrrole nitrogens is 1. The van der Waals surface area contributed by atoms with E-state index in [-0.39, 0.29) is 18.4 Å². The third-order valence-electron chi connectivity index (χ3n) is 10.9. The first kappa shape index (κ1) is 33.1. The molecule has 0 bridgehead atoms. The van der Waals surface area contributed by atoms with Crippen molar-refractivity contribution in [1.82, 2.24) is 34.9 Å². The van der Waals surface area contributed by atoms with Crippen LogP contribution in [0.15, 0.2) is 79.3 Å². The average molecular weight is 687 g/mol. The fourth-order valence-corrected chi connectivity index (χ4v) is 7.58. The van der Waals surface area contributed by atoms with Gasteiger partial charge >= 0.3 is 0 Å². The lowest BCUT2D eigenvalue weighted by atomic mass is 9.83. The predicted molar refractivity (Wildman–Crippen MR) is 193 cm³/mol. The summed E-state index contributed by atoms with van der Waals surface area (Å²) in [5, 5.41) is 11.7. The minimum atomic E-state index is -1.07. The summed E-state index contributed by atoms with van der Waals surface area (Å²) in [5.41, 5.74) is 4.96. The maximum Gasteiger partial charge on any atom is 0.258 e. The monoisotopic (exact) mass is 686 g/mol. The van der Waals surface area contributed by atoms with Gasteiger partial charge in [-0.25, -0.2) is 9.97 Å². The van der Waals surface area contributed by atoms with Crippen molar-refractivity contribution in [2.45, 2.75) is 49.2 Å². The molecule has 2 saturated heterocycles. The van der Waals surface area contributed by atoms with E-state index < -0.39 is 11.2 Å². The number of aromatic nitrogens is 5. The highest BCUT2D eigenvalue weighted by atomic mass is 16.5. The summed E-state index contributed by atoms with van der Waals surface area (Å²) < 4.78 is 12.0. The first-order chi connectivity index (χ1) is 24.9. The third-order valence-corrected chi connectivity index (χ3v) is 10.9. The fraction of sp³-hybridized carbons (Fsp3) is 0.385. The Balaban J connectivity index is 0.886. The van der Waals surface area contributed by atoms with Crippen LogP contribution in [0.25, 0.3) is 33.5 Å². The molecule has 1 aliphatic carbocycles. The number of piperidine rings is 1. The van der Waals surface area contributed by atoms with Gasteiger partial charge in [0.1, 0.15) is 5.69 Å². The zero-order valence-electron chi connectivity index (χ0n) is 29.0. The van der Waals surface area contributed by atoms with E-state index in [1.807, 2.05) is 52.4 Å². The first-order valence-corrected chi connectivity index (χ1v) is 17.6. The van der Waals surface area contributed by atoms with Crippen LogP contribution in [0, 0.1) is 0 Å². The molecule has 3 fully saturated rings. The standard InChI is InChI=1S/C39H42N8O4/c1-50-38(29-8-6-27(7-9-29)36-41-16-3-17-42-36)14-20-47(21-15-38)34(48)24-46-19-13-39(25-46,51-2)37(49)43-30-10-11-32-31(23-30)35(45-44-32)28-12-18-40-33(22-28)26-4-5-26/h3,6-12,16-18,22-23,26H,4-5,13-15,19-21,24-25H2,1-2H3,(H,43,49)(H,44,45)/t39-/m0/s1. The highest BCUT2D eigenvalue weighted by Crippen LogP contribution is 2.41. The normalized spacial score (nSPS) is 20.5. The van der Waals surface area contributed by atoms with Gasteiger partial charge < -0.3 is 19.7 Å². The molecule has 3 aliphatic rings. The highest BCUT2D eigenvalue weighted by molar-refractivity contribution is 6.01. The van der Waals surface area contributed by atoms with E-state index in [4.69, 9.17) is 9.47 Å². The van der Waals surface area contributed by atoms with Crippen molar-refractivity contribution in [3.05, 3.63) is 90.5 Å². The number of anilines is 1. The van der Waals surface area contributed by atoms with Crippen molar-refractivity contribution in [3.8, 4) is 22.6 Å². The van der Waals surface area contributed by atoms with Gasteiger partial charge in [0.2, 0.25) is 5.91 Å². The predicted octanol–water partition coefficient (Wildman–Crippen LogP) is 5.15. The van der Waals surface area contributed by atoms with Crippen molar-refractivity contribution in [3.63, 3.8) is 0 Å².